The molecule has 0 aromatic heterocycles. The Hall–Kier alpha value is -2.78. The summed E-state index contributed by atoms with van der Waals surface area (Å²) in [6, 6.07) is 14.5. The molecule has 0 bridgehead atoms. The van der Waals surface area contributed by atoms with Crippen LogP contribution in [-0.2, 0) is 0 Å². The molecule has 0 aliphatic carbocycles. The molecule has 0 fully saturated rings. The van der Waals surface area contributed by atoms with Crippen molar-refractivity contribution in [2.24, 2.45) is 0 Å². The summed E-state index contributed by atoms with van der Waals surface area (Å²) < 4.78 is 5.65. The molecule has 0 aliphatic heterocycles. The first-order chi connectivity index (χ1) is 8.72. The van der Waals surface area contributed by atoms with Gasteiger partial charge in [-0.3, -0.25) is 0 Å². The number of ether oxygens (including phenoxy) is 1. The third-order valence-electron chi connectivity index (χ3n) is 2.44. The lowest BCUT2D eigenvalue weighted by molar-refractivity contribution is 0.482. The van der Waals surface area contributed by atoms with E-state index in [9.17, 15) is 0 Å². The molecule has 3 heteroatoms. The van der Waals surface area contributed by atoms with Crippen LogP contribution in [0.4, 0.5) is 5.69 Å². The maximum atomic E-state index is 8.83. The second-order valence-electron chi connectivity index (χ2n) is 3.82. The van der Waals surface area contributed by atoms with Crippen molar-refractivity contribution in [3.63, 3.8) is 0 Å². The molecule has 0 spiro atoms. The Morgan fingerprint density at radius 1 is 1.17 bits per heavy atom. The van der Waals surface area contributed by atoms with Crippen LogP contribution in [0.15, 0.2) is 42.5 Å². The smallest absolute Gasteiger partial charge is 0.208 e. The molecule has 0 aliphatic rings. The van der Waals surface area contributed by atoms with Gasteiger partial charge in [0.05, 0.1) is 18.2 Å². The van der Waals surface area contributed by atoms with Gasteiger partial charge in [-0.05, 0) is 36.8 Å². The van der Waals surface area contributed by atoms with Gasteiger partial charge < -0.3 is 4.74 Å². The molecule has 2 aromatic carbocycles. The molecule has 3 nitrogen and oxygen atoms in total. The zero-order valence-electron chi connectivity index (χ0n) is 9.84. The van der Waals surface area contributed by atoms with Crippen molar-refractivity contribution in [1.82, 2.24) is 0 Å². The van der Waals surface area contributed by atoms with Gasteiger partial charge in [-0.2, -0.15) is 5.26 Å². The predicted molar refractivity (Wildman–Crippen MR) is 68.7 cm³/mol. The lowest BCUT2D eigenvalue weighted by Gasteiger charge is -2.07. The second kappa shape index (κ2) is 5.03. The van der Waals surface area contributed by atoms with Crippen molar-refractivity contribution >= 4 is 5.69 Å². The first-order valence-corrected chi connectivity index (χ1v) is 5.39. The van der Waals surface area contributed by atoms with E-state index in [0.29, 0.717) is 17.0 Å². The molecule has 0 heterocycles. The molecule has 0 amide bonds. The van der Waals surface area contributed by atoms with E-state index in [1.165, 1.54) is 0 Å². The van der Waals surface area contributed by atoms with Gasteiger partial charge in [0.1, 0.15) is 11.5 Å². The fraction of sp³-hybridized carbons (Fsp3) is 0.0667. The Kier molecular flexibility index (Phi) is 3.27. The summed E-state index contributed by atoms with van der Waals surface area (Å²) in [6.45, 7) is 9.00. The quantitative estimate of drug-likeness (QED) is 0.730. The van der Waals surface area contributed by atoms with E-state index in [2.05, 4.69) is 4.85 Å². The molecule has 2 aromatic rings. The zero-order chi connectivity index (χ0) is 13.0. The third kappa shape index (κ3) is 2.48. The Balaban J connectivity index is 2.31. The van der Waals surface area contributed by atoms with Crippen LogP contribution in [0.5, 0.6) is 11.5 Å². The molecule has 0 saturated carbocycles. The van der Waals surface area contributed by atoms with Crippen LogP contribution in [0.2, 0.25) is 0 Å². The average Bonchev–Trinajstić information content (AvgIpc) is 2.38. The molecule has 0 saturated heterocycles. The van der Waals surface area contributed by atoms with Crippen LogP contribution in [0, 0.1) is 24.8 Å². The topological polar surface area (TPSA) is 37.4 Å². The van der Waals surface area contributed by atoms with Gasteiger partial charge in [-0.1, -0.05) is 18.2 Å². The zero-order valence-corrected chi connectivity index (χ0v) is 9.84. The lowest BCUT2D eigenvalue weighted by Crippen LogP contribution is -1.85. The molecule has 0 unspecified atom stereocenters. The van der Waals surface area contributed by atoms with E-state index < -0.39 is 0 Å². The third-order valence-corrected chi connectivity index (χ3v) is 2.44. The highest BCUT2D eigenvalue weighted by atomic mass is 16.5. The average molecular weight is 234 g/mol. The van der Waals surface area contributed by atoms with Crippen LogP contribution < -0.4 is 4.74 Å². The van der Waals surface area contributed by atoms with Crippen molar-refractivity contribution in [3.8, 4) is 17.6 Å². The van der Waals surface area contributed by atoms with Crippen LogP contribution in [-0.4, -0.2) is 0 Å². The highest BCUT2D eigenvalue weighted by Gasteiger charge is 2.04. The summed E-state index contributed by atoms with van der Waals surface area (Å²) in [5.41, 5.74) is 1.77. The Morgan fingerprint density at radius 2 is 1.94 bits per heavy atom. The summed E-state index contributed by atoms with van der Waals surface area (Å²) in [5.74, 6) is 1.28. The van der Waals surface area contributed by atoms with Crippen LogP contribution in [0.3, 0.4) is 0 Å². The first-order valence-electron chi connectivity index (χ1n) is 5.39. The fourth-order valence-electron chi connectivity index (χ4n) is 1.58. The van der Waals surface area contributed by atoms with Crippen LogP contribution in [0.1, 0.15) is 11.1 Å². The van der Waals surface area contributed by atoms with Crippen molar-refractivity contribution < 1.29 is 4.74 Å². The molecule has 0 N–H and O–H groups in total. The first kappa shape index (κ1) is 11.7. The monoisotopic (exact) mass is 234 g/mol. The Bertz CT molecular complexity index is 663. The minimum absolute atomic E-state index is 0.308. The maximum absolute atomic E-state index is 8.83. The van der Waals surface area contributed by atoms with Gasteiger partial charge in [-0.15, -0.1) is 0 Å². The summed E-state index contributed by atoms with van der Waals surface area (Å²) in [6.07, 6.45) is 0. The summed E-state index contributed by atoms with van der Waals surface area (Å²) in [4.78, 5) is 3.31. The number of benzene rings is 2. The molecular formula is C15H10N2O. The number of rotatable bonds is 2. The molecule has 0 radical (unpaired) electrons. The van der Waals surface area contributed by atoms with Gasteiger partial charge in [0.25, 0.3) is 0 Å². The summed E-state index contributed by atoms with van der Waals surface area (Å²) in [7, 11) is 0. The minimum atomic E-state index is 0.308. The maximum Gasteiger partial charge on any atom is 0.208 e. The number of aryl methyl sites for hydroxylation is 1. The number of hydrogen-bond donors (Lipinski definition) is 0. The van der Waals surface area contributed by atoms with E-state index >= 15 is 0 Å². The van der Waals surface area contributed by atoms with E-state index in [1.807, 2.05) is 37.3 Å². The molecule has 18 heavy (non-hydrogen) atoms. The SMILES string of the molecule is [C-]#[N+]c1cc(Oc2cccc(C)c2)ccc1C#N. The summed E-state index contributed by atoms with van der Waals surface area (Å²) >= 11 is 0. The van der Waals surface area contributed by atoms with Crippen molar-refractivity contribution in [1.29, 1.82) is 5.26 Å². The molecule has 86 valence electrons. The van der Waals surface area contributed by atoms with E-state index in [4.69, 9.17) is 16.6 Å². The summed E-state index contributed by atoms with van der Waals surface area (Å²) in [5, 5.41) is 8.83. The normalized spacial score (nSPS) is 9.28. The van der Waals surface area contributed by atoms with Crippen LogP contribution >= 0.6 is 0 Å². The minimum Gasteiger partial charge on any atom is -0.459 e. The van der Waals surface area contributed by atoms with E-state index in [-0.39, 0.29) is 0 Å². The van der Waals surface area contributed by atoms with Gasteiger partial charge in [0.2, 0.25) is 5.69 Å². The second-order valence-corrected chi connectivity index (χ2v) is 3.82. The van der Waals surface area contributed by atoms with Crippen molar-refractivity contribution in [3.05, 3.63) is 65.0 Å². The molecule has 2 rings (SSSR count). The largest absolute Gasteiger partial charge is 0.459 e. The van der Waals surface area contributed by atoms with Gasteiger partial charge >= 0.3 is 0 Å². The van der Waals surface area contributed by atoms with Gasteiger partial charge in [0.15, 0.2) is 0 Å². The number of nitrogens with zero attached hydrogens (tertiary/aromatic N) is 2. The van der Waals surface area contributed by atoms with Gasteiger partial charge in [-0.25, -0.2) is 4.85 Å². The van der Waals surface area contributed by atoms with Crippen molar-refractivity contribution in [2.45, 2.75) is 6.92 Å². The van der Waals surface area contributed by atoms with Crippen molar-refractivity contribution in [2.75, 3.05) is 0 Å². The van der Waals surface area contributed by atoms with E-state index in [1.54, 1.807) is 18.2 Å². The molecule has 0 atom stereocenters. The van der Waals surface area contributed by atoms with E-state index in [0.717, 1.165) is 11.3 Å². The number of hydrogen-bond acceptors (Lipinski definition) is 2. The lowest BCUT2D eigenvalue weighted by atomic mass is 10.2. The number of nitriles is 1. The highest BCUT2D eigenvalue weighted by Crippen LogP contribution is 2.28. The van der Waals surface area contributed by atoms with Gasteiger partial charge in [0, 0.05) is 0 Å². The molecular weight excluding hydrogens is 224 g/mol. The predicted octanol–water partition coefficient (Wildman–Crippen LogP) is 4.21. The Morgan fingerprint density at radius 3 is 2.61 bits per heavy atom. The highest BCUT2D eigenvalue weighted by molar-refractivity contribution is 5.61. The van der Waals surface area contributed by atoms with Crippen LogP contribution in [0.25, 0.3) is 4.85 Å². The standard InChI is InChI=1S/C15H10N2O/c1-11-4-3-5-13(8-11)18-14-7-6-12(10-16)15(9-14)17-2/h3-9H,1H3. The fourth-order valence-corrected chi connectivity index (χ4v) is 1.58. The Labute approximate surface area is 106 Å².